The zero-order valence-electron chi connectivity index (χ0n) is 11.5. The van der Waals surface area contributed by atoms with Gasteiger partial charge in [0.05, 0.1) is 12.3 Å². The summed E-state index contributed by atoms with van der Waals surface area (Å²) >= 11 is 0. The van der Waals surface area contributed by atoms with Gasteiger partial charge in [-0.1, -0.05) is 0 Å². The number of likely N-dealkylation sites (tertiary alicyclic amines) is 1. The molecule has 0 bridgehead atoms. The van der Waals surface area contributed by atoms with Crippen molar-refractivity contribution < 1.29 is 4.74 Å². The standard InChI is InChI=1S/C14H22N4O/c1-19-13-8-12(10-17-6-2-3-7-17)18(11-13)14-9-15-4-5-16-14/h4-5,9,12-13H,2-3,6-8,10-11H2,1H3/t12-,13-/m0/s1. The molecule has 0 N–H and O–H groups in total. The van der Waals surface area contributed by atoms with Gasteiger partial charge in [0.1, 0.15) is 5.82 Å². The number of nitrogens with zero attached hydrogens (tertiary/aromatic N) is 4. The highest BCUT2D eigenvalue weighted by Gasteiger charge is 2.34. The minimum Gasteiger partial charge on any atom is -0.380 e. The molecular formula is C14H22N4O. The van der Waals surface area contributed by atoms with E-state index in [1.807, 2.05) is 6.20 Å². The Morgan fingerprint density at radius 1 is 1.32 bits per heavy atom. The van der Waals surface area contributed by atoms with Gasteiger partial charge in [0.25, 0.3) is 0 Å². The van der Waals surface area contributed by atoms with E-state index in [2.05, 4.69) is 19.8 Å². The third-order valence-electron chi connectivity index (χ3n) is 4.22. The van der Waals surface area contributed by atoms with Crippen LogP contribution in [0.5, 0.6) is 0 Å². The van der Waals surface area contributed by atoms with Crippen LogP contribution in [0.15, 0.2) is 18.6 Å². The Morgan fingerprint density at radius 3 is 2.84 bits per heavy atom. The third-order valence-corrected chi connectivity index (χ3v) is 4.22. The van der Waals surface area contributed by atoms with E-state index in [4.69, 9.17) is 4.74 Å². The van der Waals surface area contributed by atoms with E-state index >= 15 is 0 Å². The molecule has 0 radical (unpaired) electrons. The Bertz CT molecular complexity index is 394. The van der Waals surface area contributed by atoms with Crippen LogP contribution in [0.1, 0.15) is 19.3 Å². The quantitative estimate of drug-likeness (QED) is 0.814. The molecule has 2 atom stereocenters. The van der Waals surface area contributed by atoms with Crippen LogP contribution in [0.4, 0.5) is 5.82 Å². The maximum absolute atomic E-state index is 5.55. The fraction of sp³-hybridized carbons (Fsp3) is 0.714. The zero-order valence-corrected chi connectivity index (χ0v) is 11.5. The number of hydrogen-bond acceptors (Lipinski definition) is 5. The number of rotatable bonds is 4. The molecule has 0 aromatic carbocycles. The van der Waals surface area contributed by atoms with Crippen LogP contribution < -0.4 is 4.90 Å². The fourth-order valence-electron chi connectivity index (χ4n) is 3.20. The van der Waals surface area contributed by atoms with Crippen LogP contribution in [-0.2, 0) is 4.74 Å². The van der Waals surface area contributed by atoms with Crippen molar-refractivity contribution in [3.8, 4) is 0 Å². The van der Waals surface area contributed by atoms with Gasteiger partial charge in [-0.2, -0.15) is 0 Å². The largest absolute Gasteiger partial charge is 0.380 e. The fourth-order valence-corrected chi connectivity index (χ4v) is 3.20. The van der Waals surface area contributed by atoms with Crippen LogP contribution in [0, 0.1) is 0 Å². The Hall–Kier alpha value is -1.20. The van der Waals surface area contributed by atoms with Gasteiger partial charge in [-0.25, -0.2) is 4.98 Å². The molecule has 2 aliphatic rings. The van der Waals surface area contributed by atoms with Crippen LogP contribution in [0.3, 0.4) is 0 Å². The summed E-state index contributed by atoms with van der Waals surface area (Å²) in [5.41, 5.74) is 0. The molecule has 19 heavy (non-hydrogen) atoms. The summed E-state index contributed by atoms with van der Waals surface area (Å²) in [6.45, 7) is 4.52. The molecule has 1 aromatic rings. The lowest BCUT2D eigenvalue weighted by Gasteiger charge is -2.28. The van der Waals surface area contributed by atoms with E-state index in [0.29, 0.717) is 12.1 Å². The predicted octanol–water partition coefficient (Wildman–Crippen LogP) is 1.17. The number of hydrogen-bond donors (Lipinski definition) is 0. The molecule has 104 valence electrons. The maximum Gasteiger partial charge on any atom is 0.147 e. The first-order valence-electron chi connectivity index (χ1n) is 7.14. The first-order valence-corrected chi connectivity index (χ1v) is 7.14. The monoisotopic (exact) mass is 262 g/mol. The minimum absolute atomic E-state index is 0.314. The van der Waals surface area contributed by atoms with Crippen molar-refractivity contribution in [3.05, 3.63) is 18.6 Å². The highest BCUT2D eigenvalue weighted by molar-refractivity contribution is 5.39. The van der Waals surface area contributed by atoms with Crippen LogP contribution in [0.2, 0.25) is 0 Å². The second-order valence-corrected chi connectivity index (χ2v) is 5.47. The summed E-state index contributed by atoms with van der Waals surface area (Å²) < 4.78 is 5.55. The molecule has 2 fully saturated rings. The van der Waals surface area contributed by atoms with Crippen molar-refractivity contribution in [1.29, 1.82) is 0 Å². The lowest BCUT2D eigenvalue weighted by atomic mass is 10.2. The molecule has 3 heterocycles. The van der Waals surface area contributed by atoms with Crippen LogP contribution >= 0.6 is 0 Å². The molecule has 0 unspecified atom stereocenters. The molecule has 0 spiro atoms. The van der Waals surface area contributed by atoms with Gasteiger partial charge in [0.15, 0.2) is 0 Å². The minimum atomic E-state index is 0.314. The first kappa shape index (κ1) is 12.8. The van der Waals surface area contributed by atoms with E-state index in [1.54, 1.807) is 19.5 Å². The first-order chi connectivity index (χ1) is 9.36. The van der Waals surface area contributed by atoms with Gasteiger partial charge >= 0.3 is 0 Å². The molecule has 3 rings (SSSR count). The normalized spacial score (nSPS) is 28.2. The third kappa shape index (κ3) is 2.87. The summed E-state index contributed by atoms with van der Waals surface area (Å²) in [6, 6.07) is 0.500. The highest BCUT2D eigenvalue weighted by atomic mass is 16.5. The van der Waals surface area contributed by atoms with E-state index in [0.717, 1.165) is 25.3 Å². The molecule has 5 heteroatoms. The summed E-state index contributed by atoms with van der Waals surface area (Å²) in [4.78, 5) is 13.6. The molecular weight excluding hydrogens is 240 g/mol. The summed E-state index contributed by atoms with van der Waals surface area (Å²) in [5.74, 6) is 0.978. The zero-order chi connectivity index (χ0) is 13.1. The molecule has 2 saturated heterocycles. The Morgan fingerprint density at radius 2 is 2.16 bits per heavy atom. The Labute approximate surface area is 114 Å². The lowest BCUT2D eigenvalue weighted by molar-refractivity contribution is 0.116. The summed E-state index contributed by atoms with van der Waals surface area (Å²) in [6.07, 6.45) is 9.43. The molecule has 0 amide bonds. The number of methoxy groups -OCH3 is 1. The molecule has 5 nitrogen and oxygen atoms in total. The van der Waals surface area contributed by atoms with E-state index in [1.165, 1.54) is 25.9 Å². The SMILES string of the molecule is CO[C@H]1C[C@@H](CN2CCCC2)N(c2cnccn2)C1. The number of aromatic nitrogens is 2. The van der Waals surface area contributed by atoms with Crippen molar-refractivity contribution in [1.82, 2.24) is 14.9 Å². The van der Waals surface area contributed by atoms with E-state index in [9.17, 15) is 0 Å². The van der Waals surface area contributed by atoms with E-state index < -0.39 is 0 Å². The van der Waals surface area contributed by atoms with Crippen molar-refractivity contribution in [2.24, 2.45) is 0 Å². The average Bonchev–Trinajstić information content (AvgIpc) is 3.10. The molecule has 1 aromatic heterocycles. The second kappa shape index (κ2) is 5.84. The van der Waals surface area contributed by atoms with Gasteiger partial charge in [-0.05, 0) is 32.4 Å². The second-order valence-electron chi connectivity index (χ2n) is 5.47. The summed E-state index contributed by atoms with van der Waals surface area (Å²) in [7, 11) is 1.80. The summed E-state index contributed by atoms with van der Waals surface area (Å²) in [5, 5.41) is 0. The van der Waals surface area contributed by atoms with Gasteiger partial charge in [-0.3, -0.25) is 4.98 Å². The van der Waals surface area contributed by atoms with Crippen molar-refractivity contribution in [2.75, 3.05) is 38.2 Å². The highest BCUT2D eigenvalue weighted by Crippen LogP contribution is 2.26. The van der Waals surface area contributed by atoms with Gasteiger partial charge in [0, 0.05) is 38.6 Å². The van der Waals surface area contributed by atoms with Crippen LogP contribution in [0.25, 0.3) is 0 Å². The van der Waals surface area contributed by atoms with Gasteiger partial charge in [0.2, 0.25) is 0 Å². The van der Waals surface area contributed by atoms with Gasteiger partial charge < -0.3 is 14.5 Å². The average molecular weight is 262 g/mol. The maximum atomic E-state index is 5.55. The number of ether oxygens (including phenoxy) is 1. The topological polar surface area (TPSA) is 41.5 Å². The Balaban J connectivity index is 1.71. The molecule has 0 aliphatic carbocycles. The van der Waals surface area contributed by atoms with Crippen molar-refractivity contribution >= 4 is 5.82 Å². The molecule has 0 saturated carbocycles. The Kier molecular flexibility index (Phi) is 3.94. The van der Waals surface area contributed by atoms with Crippen molar-refractivity contribution in [2.45, 2.75) is 31.4 Å². The van der Waals surface area contributed by atoms with Crippen LogP contribution in [-0.4, -0.2) is 60.3 Å². The lowest BCUT2D eigenvalue weighted by Crippen LogP contribution is -2.39. The van der Waals surface area contributed by atoms with Crippen molar-refractivity contribution in [3.63, 3.8) is 0 Å². The number of anilines is 1. The molecule has 2 aliphatic heterocycles. The smallest absolute Gasteiger partial charge is 0.147 e. The predicted molar refractivity (Wildman–Crippen MR) is 74.3 cm³/mol. The van der Waals surface area contributed by atoms with E-state index in [-0.39, 0.29) is 0 Å². The van der Waals surface area contributed by atoms with Gasteiger partial charge in [-0.15, -0.1) is 0 Å².